The van der Waals surface area contributed by atoms with Crippen LogP contribution in [0, 0.1) is 3.57 Å². The first-order valence-corrected chi connectivity index (χ1v) is 14.1. The highest BCUT2D eigenvalue weighted by atomic mass is 127. The third-order valence-corrected chi connectivity index (χ3v) is 7.17. The Balaban J connectivity index is 0.000000143. The Bertz CT molecular complexity index is 1590. The molecule has 0 aliphatic carbocycles. The SMILES string of the molecule is Brc1cccc(I)c1.COc1ccc2[nH]c(-c3cccc(Br)c3)cc2c1.COc1ccc2[nH]ccc2c1. The van der Waals surface area contributed by atoms with E-state index in [4.69, 9.17) is 9.47 Å². The van der Waals surface area contributed by atoms with E-state index < -0.39 is 0 Å². The molecule has 0 amide bonds. The zero-order valence-electron chi connectivity index (χ0n) is 20.3. The standard InChI is InChI=1S/C15H12BrNO.C9H9NO.C6H4BrI/c1-18-13-5-6-14-11(8-13)9-15(17-14)10-3-2-4-12(16)7-10;1-11-8-2-3-9-7(6-8)4-5-10-9;7-5-2-1-3-6(8)4-5/h2-9,17H,1H3;2-6,10H,1H3;1-4H. The fraction of sp³-hybridized carbons (Fsp3) is 0.0667. The summed E-state index contributed by atoms with van der Waals surface area (Å²) in [4.78, 5) is 6.53. The molecule has 0 aliphatic heterocycles. The summed E-state index contributed by atoms with van der Waals surface area (Å²) in [5.41, 5.74) is 4.54. The van der Waals surface area contributed by atoms with Crippen molar-refractivity contribution in [1.82, 2.24) is 9.97 Å². The van der Waals surface area contributed by atoms with Crippen molar-refractivity contribution in [3.63, 3.8) is 0 Å². The predicted molar refractivity (Wildman–Crippen MR) is 170 cm³/mol. The van der Waals surface area contributed by atoms with Gasteiger partial charge in [0.25, 0.3) is 0 Å². The molecule has 0 spiro atoms. The lowest BCUT2D eigenvalue weighted by Crippen LogP contribution is -1.80. The van der Waals surface area contributed by atoms with E-state index in [2.05, 4.69) is 94.8 Å². The minimum atomic E-state index is 0.877. The zero-order valence-corrected chi connectivity index (χ0v) is 25.6. The zero-order chi connectivity index (χ0) is 26.2. The van der Waals surface area contributed by atoms with Crippen LogP contribution in [-0.4, -0.2) is 24.2 Å². The van der Waals surface area contributed by atoms with Gasteiger partial charge in [-0.3, -0.25) is 0 Å². The van der Waals surface area contributed by atoms with Gasteiger partial charge in [0.2, 0.25) is 0 Å². The summed E-state index contributed by atoms with van der Waals surface area (Å²) in [5, 5.41) is 2.34. The van der Waals surface area contributed by atoms with Gasteiger partial charge in [0.1, 0.15) is 11.5 Å². The molecule has 37 heavy (non-hydrogen) atoms. The van der Waals surface area contributed by atoms with Crippen LogP contribution in [0.3, 0.4) is 0 Å². The topological polar surface area (TPSA) is 50.0 Å². The largest absolute Gasteiger partial charge is 0.497 e. The molecule has 0 fully saturated rings. The molecule has 0 radical (unpaired) electrons. The second kappa shape index (κ2) is 13.2. The minimum absolute atomic E-state index is 0.877. The van der Waals surface area contributed by atoms with E-state index in [-0.39, 0.29) is 0 Å². The van der Waals surface area contributed by atoms with Crippen molar-refractivity contribution in [1.29, 1.82) is 0 Å². The summed E-state index contributed by atoms with van der Waals surface area (Å²) in [6.45, 7) is 0. The highest BCUT2D eigenvalue weighted by molar-refractivity contribution is 14.1. The maximum Gasteiger partial charge on any atom is 0.119 e. The molecule has 2 aromatic heterocycles. The fourth-order valence-corrected chi connectivity index (χ4v) is 5.44. The van der Waals surface area contributed by atoms with Gasteiger partial charge in [0, 0.05) is 46.2 Å². The van der Waals surface area contributed by atoms with Crippen LogP contribution in [0.25, 0.3) is 33.1 Å². The lowest BCUT2D eigenvalue weighted by atomic mass is 10.1. The Morgan fingerprint density at radius 1 is 0.649 bits per heavy atom. The van der Waals surface area contributed by atoms with Gasteiger partial charge in [0.05, 0.1) is 14.2 Å². The van der Waals surface area contributed by atoms with E-state index in [0.29, 0.717) is 0 Å². The van der Waals surface area contributed by atoms with Gasteiger partial charge in [0.15, 0.2) is 0 Å². The number of methoxy groups -OCH3 is 2. The highest BCUT2D eigenvalue weighted by Crippen LogP contribution is 2.28. The van der Waals surface area contributed by atoms with Crippen molar-refractivity contribution < 1.29 is 9.47 Å². The van der Waals surface area contributed by atoms with Gasteiger partial charge in [-0.15, -0.1) is 0 Å². The number of hydrogen-bond donors (Lipinski definition) is 2. The Morgan fingerprint density at radius 2 is 1.30 bits per heavy atom. The fourth-order valence-electron chi connectivity index (χ4n) is 3.67. The third kappa shape index (κ3) is 7.63. The molecule has 4 nitrogen and oxygen atoms in total. The monoisotopic (exact) mass is 730 g/mol. The maximum absolute atomic E-state index is 5.23. The van der Waals surface area contributed by atoms with Crippen LogP contribution in [0.5, 0.6) is 11.5 Å². The number of nitrogens with one attached hydrogen (secondary N) is 2. The van der Waals surface area contributed by atoms with Crippen molar-refractivity contribution in [2.24, 2.45) is 0 Å². The van der Waals surface area contributed by atoms with Gasteiger partial charge in [-0.05, 0) is 107 Å². The van der Waals surface area contributed by atoms with Crippen LogP contribution in [0.2, 0.25) is 0 Å². The number of halogens is 3. The van der Waals surface area contributed by atoms with Crippen molar-refractivity contribution >= 4 is 76.3 Å². The van der Waals surface area contributed by atoms with Crippen LogP contribution < -0.4 is 9.47 Å². The van der Waals surface area contributed by atoms with E-state index in [9.17, 15) is 0 Å². The number of fused-ring (bicyclic) bond motifs is 2. The first-order valence-electron chi connectivity index (χ1n) is 11.4. The number of aromatic amines is 2. The summed E-state index contributed by atoms with van der Waals surface area (Å²) in [6.07, 6.45) is 1.92. The summed E-state index contributed by atoms with van der Waals surface area (Å²) < 4.78 is 13.8. The molecule has 6 rings (SSSR count). The first kappa shape index (κ1) is 27.3. The van der Waals surface area contributed by atoms with Crippen LogP contribution in [0.1, 0.15) is 0 Å². The first-order chi connectivity index (χ1) is 17.9. The molecule has 4 aromatic carbocycles. The number of rotatable bonds is 3. The molecular formula is C30H25Br2IN2O2. The molecule has 0 unspecified atom stereocenters. The number of benzene rings is 4. The lowest BCUT2D eigenvalue weighted by Gasteiger charge is -1.98. The van der Waals surface area contributed by atoms with Gasteiger partial charge in [-0.1, -0.05) is 50.1 Å². The Kier molecular flexibility index (Phi) is 9.71. The summed E-state index contributed by atoms with van der Waals surface area (Å²) in [6, 6.07) is 32.6. The average Bonchev–Trinajstić information content (AvgIpc) is 3.55. The van der Waals surface area contributed by atoms with E-state index >= 15 is 0 Å². The normalized spacial score (nSPS) is 10.3. The quantitative estimate of drug-likeness (QED) is 0.178. The predicted octanol–water partition coefficient (Wildman–Crippen LogP) is 9.84. The van der Waals surface area contributed by atoms with Crippen LogP contribution >= 0.6 is 54.5 Å². The molecule has 2 heterocycles. The third-order valence-electron chi connectivity index (χ3n) is 5.51. The highest BCUT2D eigenvalue weighted by Gasteiger charge is 2.04. The van der Waals surface area contributed by atoms with Crippen LogP contribution in [-0.2, 0) is 0 Å². The van der Waals surface area contributed by atoms with E-state index in [0.717, 1.165) is 42.6 Å². The molecule has 0 atom stereocenters. The van der Waals surface area contributed by atoms with Gasteiger partial charge >= 0.3 is 0 Å². The molecule has 2 N–H and O–H groups in total. The van der Waals surface area contributed by atoms with E-state index in [1.807, 2.05) is 72.9 Å². The molecule has 188 valence electrons. The lowest BCUT2D eigenvalue weighted by molar-refractivity contribution is 0.415. The number of aromatic nitrogens is 2. The Labute approximate surface area is 246 Å². The average molecular weight is 732 g/mol. The molecule has 7 heteroatoms. The smallest absolute Gasteiger partial charge is 0.119 e. The molecular weight excluding hydrogens is 707 g/mol. The molecule has 6 aromatic rings. The van der Waals surface area contributed by atoms with Crippen LogP contribution in [0.4, 0.5) is 0 Å². The van der Waals surface area contributed by atoms with Gasteiger partial charge in [-0.2, -0.15) is 0 Å². The van der Waals surface area contributed by atoms with Crippen molar-refractivity contribution in [2.75, 3.05) is 14.2 Å². The molecule has 0 aliphatic rings. The van der Waals surface area contributed by atoms with Crippen molar-refractivity contribution in [3.05, 3.63) is 116 Å². The number of ether oxygens (including phenoxy) is 2. The second-order valence-electron chi connectivity index (χ2n) is 8.02. The van der Waals surface area contributed by atoms with Gasteiger partial charge in [-0.25, -0.2) is 0 Å². The second-order valence-corrected chi connectivity index (χ2v) is 11.1. The molecule has 0 saturated heterocycles. The van der Waals surface area contributed by atoms with Gasteiger partial charge < -0.3 is 19.4 Å². The summed E-state index contributed by atoms with van der Waals surface area (Å²) in [7, 11) is 3.36. The van der Waals surface area contributed by atoms with Crippen LogP contribution in [0.15, 0.2) is 112 Å². The van der Waals surface area contributed by atoms with E-state index in [1.54, 1.807) is 14.2 Å². The van der Waals surface area contributed by atoms with Crippen molar-refractivity contribution in [2.45, 2.75) is 0 Å². The Hall–Kier alpha value is -2.75. The summed E-state index contributed by atoms with van der Waals surface area (Å²) in [5.74, 6) is 1.78. The van der Waals surface area contributed by atoms with E-state index in [1.165, 1.54) is 14.5 Å². The maximum atomic E-state index is 5.23. The number of hydrogen-bond acceptors (Lipinski definition) is 2. The minimum Gasteiger partial charge on any atom is -0.497 e. The molecule has 0 saturated carbocycles. The number of H-pyrrole nitrogens is 2. The summed E-state index contributed by atoms with van der Waals surface area (Å²) >= 11 is 9.12. The Morgan fingerprint density at radius 3 is 1.92 bits per heavy atom. The molecule has 0 bridgehead atoms. The van der Waals surface area contributed by atoms with Crippen molar-refractivity contribution in [3.8, 4) is 22.8 Å².